The van der Waals surface area contributed by atoms with Crippen LogP contribution < -0.4 is 14.4 Å². The molecule has 0 spiro atoms. The van der Waals surface area contributed by atoms with Crippen LogP contribution in [0.3, 0.4) is 0 Å². The largest absolute Gasteiger partial charge is 0.468 e. The number of rotatable bonds is 11. The number of nitrogens with zero attached hydrogens (tertiary/aromatic N) is 6. The first-order valence-electron chi connectivity index (χ1n) is 21.2. The van der Waals surface area contributed by atoms with E-state index in [9.17, 15) is 4.79 Å². The molecule has 0 unspecified atom stereocenters. The van der Waals surface area contributed by atoms with Gasteiger partial charge in [0.1, 0.15) is 43.1 Å². The number of amides is 1. The summed E-state index contributed by atoms with van der Waals surface area (Å²) < 4.78 is 40.9. The number of hydrogen-bond acceptors (Lipinski definition) is 10. The van der Waals surface area contributed by atoms with Crippen molar-refractivity contribution in [2.24, 2.45) is 0 Å². The molecule has 7 rings (SSSR count). The molecule has 1 amide bonds. The zero-order valence-corrected chi connectivity index (χ0v) is 37.7. The molecular weight excluding hydrogens is 764 g/mol. The van der Waals surface area contributed by atoms with Crippen molar-refractivity contribution in [3.63, 3.8) is 0 Å². The summed E-state index contributed by atoms with van der Waals surface area (Å²) in [6, 6.07) is 10.0. The van der Waals surface area contributed by atoms with Gasteiger partial charge in [0, 0.05) is 49.0 Å². The lowest BCUT2D eigenvalue weighted by molar-refractivity contribution is 0.0193. The molecule has 3 aliphatic heterocycles. The number of anilines is 1. The highest BCUT2D eigenvalue weighted by atomic mass is 28.3. The molecule has 3 saturated heterocycles. The summed E-state index contributed by atoms with van der Waals surface area (Å²) in [4.78, 5) is 33.9. The van der Waals surface area contributed by atoms with E-state index in [-0.39, 0.29) is 48.2 Å². The fourth-order valence-corrected chi connectivity index (χ4v) is 15.0. The highest BCUT2D eigenvalue weighted by Crippen LogP contribution is 2.44. The smallest absolute Gasteiger partial charge is 0.410 e. The number of aromatic nitrogens is 3. The van der Waals surface area contributed by atoms with Crippen LogP contribution >= 0.6 is 0 Å². The van der Waals surface area contributed by atoms with Gasteiger partial charge in [-0.05, 0) is 93.8 Å². The molecule has 2 aromatic carbocycles. The second-order valence-electron chi connectivity index (χ2n) is 18.4. The number of likely N-dealkylation sites (tertiary alicyclic amines) is 2. The van der Waals surface area contributed by atoms with Gasteiger partial charge in [0.05, 0.1) is 17.5 Å². The van der Waals surface area contributed by atoms with Crippen LogP contribution in [-0.2, 0) is 9.47 Å². The first-order valence-corrected chi connectivity index (χ1v) is 23.4. The third-order valence-corrected chi connectivity index (χ3v) is 19.0. The molecule has 0 radical (unpaired) electrons. The lowest BCUT2D eigenvalue weighted by Gasteiger charge is -2.47. The van der Waals surface area contributed by atoms with Gasteiger partial charge in [-0.15, -0.1) is 5.54 Å². The average molecular weight is 825 g/mol. The first kappa shape index (κ1) is 42.6. The minimum absolute atomic E-state index is 0.0185. The topological polar surface area (TPSA) is 102 Å². The van der Waals surface area contributed by atoms with Crippen LogP contribution in [0, 0.1) is 17.3 Å². The number of ether oxygens (including phenoxy) is 4. The predicted octanol–water partition coefficient (Wildman–Crippen LogP) is 9.21. The quantitative estimate of drug-likeness (QED) is 0.0827. The van der Waals surface area contributed by atoms with Gasteiger partial charge in [-0.25, -0.2) is 9.18 Å². The molecule has 3 atom stereocenters. The Morgan fingerprint density at radius 1 is 1.00 bits per heavy atom. The van der Waals surface area contributed by atoms with Gasteiger partial charge in [-0.2, -0.15) is 9.97 Å². The average Bonchev–Trinajstić information content (AvgIpc) is 3.73. The molecule has 4 aromatic rings. The van der Waals surface area contributed by atoms with Crippen molar-refractivity contribution in [2.75, 3.05) is 52.1 Å². The highest BCUT2D eigenvalue weighted by molar-refractivity contribution is 6.90. The van der Waals surface area contributed by atoms with Gasteiger partial charge in [-0.3, -0.25) is 4.98 Å². The van der Waals surface area contributed by atoms with Gasteiger partial charge < -0.3 is 33.6 Å². The monoisotopic (exact) mass is 824 g/mol. The van der Waals surface area contributed by atoms with Crippen LogP contribution in [0.15, 0.2) is 36.5 Å². The zero-order valence-electron chi connectivity index (χ0n) is 36.7. The normalized spacial score (nSPS) is 19.7. The second-order valence-corrected chi connectivity index (χ2v) is 24.0. The van der Waals surface area contributed by atoms with Crippen molar-refractivity contribution in [3.05, 3.63) is 47.9 Å². The fraction of sp³-hybridized carbons (Fsp3) is 0.565. The maximum absolute atomic E-state index is 17.6. The molecule has 3 aliphatic rings. The molecule has 5 heterocycles. The van der Waals surface area contributed by atoms with Crippen molar-refractivity contribution < 1.29 is 28.1 Å². The number of benzene rings is 2. The Kier molecular flexibility index (Phi) is 12.2. The number of fused-ring (bicyclic) bond motifs is 3. The number of methoxy groups -OCH3 is 1. The van der Waals surface area contributed by atoms with E-state index in [1.807, 2.05) is 51.1 Å². The molecule has 0 bridgehead atoms. The number of halogens is 1. The van der Waals surface area contributed by atoms with E-state index in [2.05, 4.69) is 69.9 Å². The lowest BCUT2D eigenvalue weighted by Crippen LogP contribution is -2.63. The number of likely N-dealkylation sites (N-methyl/N-ethyl adjacent to an activating group) is 1. The SMILES string of the molecule is COCOc1cc(-c2ncc3c(N4C[C@@H]5[C@H]4CCN5C(=O)OC(C)(C)C)nc(OC[C@@H]4CCCN4C)nc3c2F)c2c(C#C[Si](C(C)C)(C(C)C)C(C)C)cccc2c1. The summed E-state index contributed by atoms with van der Waals surface area (Å²) in [6.45, 7) is 21.9. The molecule has 0 aliphatic carbocycles. The maximum atomic E-state index is 17.6. The lowest BCUT2D eigenvalue weighted by atomic mass is 9.95. The van der Waals surface area contributed by atoms with Gasteiger partial charge in [0.25, 0.3) is 0 Å². The van der Waals surface area contributed by atoms with Crippen molar-refractivity contribution in [1.82, 2.24) is 24.8 Å². The molecule has 3 fully saturated rings. The van der Waals surface area contributed by atoms with Crippen molar-refractivity contribution in [1.29, 1.82) is 0 Å². The Balaban J connectivity index is 1.36. The van der Waals surface area contributed by atoms with E-state index in [4.69, 9.17) is 33.9 Å². The molecule has 59 heavy (non-hydrogen) atoms. The Labute approximate surface area is 350 Å². The number of pyridine rings is 1. The predicted molar refractivity (Wildman–Crippen MR) is 234 cm³/mol. The summed E-state index contributed by atoms with van der Waals surface area (Å²) in [5, 5.41) is 2.12. The van der Waals surface area contributed by atoms with E-state index in [1.165, 1.54) is 0 Å². The van der Waals surface area contributed by atoms with Gasteiger partial charge >= 0.3 is 12.1 Å². The van der Waals surface area contributed by atoms with Crippen molar-refractivity contribution >= 4 is 41.7 Å². The molecular formula is C46H61FN6O5Si. The third kappa shape index (κ3) is 8.20. The Bertz CT molecular complexity index is 2250. The minimum Gasteiger partial charge on any atom is -0.468 e. The van der Waals surface area contributed by atoms with Crippen LogP contribution in [0.4, 0.5) is 15.0 Å². The summed E-state index contributed by atoms with van der Waals surface area (Å²) in [6.07, 6.45) is 4.17. The second kappa shape index (κ2) is 16.9. The van der Waals surface area contributed by atoms with Gasteiger partial charge in [0.15, 0.2) is 12.6 Å². The zero-order chi connectivity index (χ0) is 42.4. The molecule has 0 N–H and O–H groups in total. The van der Waals surface area contributed by atoms with Crippen LogP contribution in [0.5, 0.6) is 11.8 Å². The first-order chi connectivity index (χ1) is 28.0. The number of carbonyl (C=O) groups excluding carboxylic acids is 1. The van der Waals surface area contributed by atoms with Crippen LogP contribution in [0.25, 0.3) is 32.9 Å². The molecule has 11 nitrogen and oxygen atoms in total. The summed E-state index contributed by atoms with van der Waals surface area (Å²) in [5.41, 5.74) is 6.23. The molecule has 0 saturated carbocycles. The van der Waals surface area contributed by atoms with Gasteiger partial charge in [0.2, 0.25) is 0 Å². The van der Waals surface area contributed by atoms with E-state index in [0.29, 0.717) is 58.8 Å². The molecule has 316 valence electrons. The van der Waals surface area contributed by atoms with E-state index >= 15 is 4.39 Å². The summed E-state index contributed by atoms with van der Waals surface area (Å²) in [5.74, 6) is 4.12. The summed E-state index contributed by atoms with van der Waals surface area (Å²) in [7, 11) is 1.55. The number of hydrogen-bond donors (Lipinski definition) is 0. The van der Waals surface area contributed by atoms with E-state index < -0.39 is 19.5 Å². The Morgan fingerprint density at radius 3 is 2.41 bits per heavy atom. The standard InChI is InChI=1S/C46H61FN6O5Si/c1-28(2)59(29(3)4,30(5)6)21-18-31-14-12-15-32-22-34(57-27-55-11)23-35(39(31)32)41-40(47)42-36(24-48-41)43(50-44(49-42)56-26-33-16-13-19-51(33)10)53-25-38-37(53)17-20-52(38)45(54)58-46(7,8)9/h12,14-15,22-24,28-30,33,37-38H,13,16-17,19-20,25-27H2,1-11H3/t33-,37+,38+/m0/s1. The maximum Gasteiger partial charge on any atom is 0.410 e. The van der Waals surface area contributed by atoms with Crippen LogP contribution in [0.1, 0.15) is 87.1 Å². The molecule has 2 aromatic heterocycles. The summed E-state index contributed by atoms with van der Waals surface area (Å²) >= 11 is 0. The minimum atomic E-state index is -2.10. The van der Waals surface area contributed by atoms with E-state index in [0.717, 1.165) is 42.1 Å². The third-order valence-electron chi connectivity index (χ3n) is 12.7. The van der Waals surface area contributed by atoms with Crippen LogP contribution in [-0.4, -0.2) is 110 Å². The van der Waals surface area contributed by atoms with Crippen LogP contribution in [0.2, 0.25) is 16.6 Å². The fourth-order valence-electron chi connectivity index (χ4n) is 9.77. The van der Waals surface area contributed by atoms with E-state index in [1.54, 1.807) is 18.2 Å². The van der Waals surface area contributed by atoms with Crippen molar-refractivity contribution in [2.45, 2.75) is 122 Å². The highest BCUT2D eigenvalue weighted by Gasteiger charge is 2.51. The Hall–Kier alpha value is -4.51. The van der Waals surface area contributed by atoms with Gasteiger partial charge in [-0.1, -0.05) is 59.6 Å². The molecule has 13 heteroatoms. The number of carbonyl (C=O) groups is 1. The van der Waals surface area contributed by atoms with Crippen molar-refractivity contribution in [3.8, 4) is 34.5 Å². The Morgan fingerprint density at radius 2 is 1.75 bits per heavy atom.